The third-order valence-electron chi connectivity index (χ3n) is 2.08. The Labute approximate surface area is 92.2 Å². The standard InChI is InChI=1S/C10H12N4S/c1-6-3-4-15-9(6)8-5-7(2)12-10(13-8)14-11/h3-5H,11H2,1-2H3,(H,12,13,14). The van der Waals surface area contributed by atoms with Gasteiger partial charge in [-0.25, -0.2) is 15.8 Å². The maximum Gasteiger partial charge on any atom is 0.237 e. The third-order valence-corrected chi connectivity index (χ3v) is 3.12. The molecule has 0 spiro atoms. The zero-order valence-corrected chi connectivity index (χ0v) is 9.43. The second-order valence-corrected chi connectivity index (χ2v) is 4.21. The topological polar surface area (TPSA) is 63.8 Å². The van der Waals surface area contributed by atoms with Crippen LogP contribution >= 0.6 is 11.3 Å². The number of aryl methyl sites for hydroxylation is 2. The zero-order valence-electron chi connectivity index (χ0n) is 8.61. The number of rotatable bonds is 2. The lowest BCUT2D eigenvalue weighted by atomic mass is 10.2. The molecular formula is C10H12N4S. The molecule has 2 heterocycles. The van der Waals surface area contributed by atoms with Gasteiger partial charge in [-0.05, 0) is 36.9 Å². The average molecular weight is 220 g/mol. The van der Waals surface area contributed by atoms with Gasteiger partial charge in [0.25, 0.3) is 0 Å². The van der Waals surface area contributed by atoms with Gasteiger partial charge in [0.1, 0.15) is 0 Å². The van der Waals surface area contributed by atoms with E-state index in [1.165, 1.54) is 5.56 Å². The Morgan fingerprint density at radius 2 is 2.13 bits per heavy atom. The summed E-state index contributed by atoms with van der Waals surface area (Å²) in [5.41, 5.74) is 5.52. The minimum Gasteiger partial charge on any atom is -0.292 e. The Hall–Kier alpha value is -1.46. The zero-order chi connectivity index (χ0) is 10.8. The second kappa shape index (κ2) is 3.96. The Morgan fingerprint density at radius 3 is 2.73 bits per heavy atom. The van der Waals surface area contributed by atoms with Gasteiger partial charge in [-0.3, -0.25) is 5.43 Å². The van der Waals surface area contributed by atoms with Crippen LogP contribution in [0.3, 0.4) is 0 Å². The summed E-state index contributed by atoms with van der Waals surface area (Å²) in [4.78, 5) is 9.63. The number of hydrogen-bond acceptors (Lipinski definition) is 5. The van der Waals surface area contributed by atoms with Crippen molar-refractivity contribution in [2.45, 2.75) is 13.8 Å². The number of aromatic nitrogens is 2. The van der Waals surface area contributed by atoms with E-state index < -0.39 is 0 Å². The molecule has 4 nitrogen and oxygen atoms in total. The first-order chi connectivity index (χ1) is 7.20. The van der Waals surface area contributed by atoms with Crippen molar-refractivity contribution < 1.29 is 0 Å². The summed E-state index contributed by atoms with van der Waals surface area (Å²) in [5, 5.41) is 2.05. The van der Waals surface area contributed by atoms with Gasteiger partial charge in [0, 0.05) is 5.69 Å². The Bertz CT molecular complexity index is 478. The molecule has 0 saturated heterocycles. The maximum atomic E-state index is 5.31. The number of thiophene rings is 1. The first kappa shape index (κ1) is 10.1. The molecule has 2 aromatic rings. The van der Waals surface area contributed by atoms with E-state index in [1.54, 1.807) is 11.3 Å². The molecule has 0 unspecified atom stereocenters. The van der Waals surface area contributed by atoms with Crippen LogP contribution in [0.15, 0.2) is 17.5 Å². The van der Waals surface area contributed by atoms with Crippen LogP contribution in [0, 0.1) is 13.8 Å². The first-order valence-corrected chi connectivity index (χ1v) is 5.45. The molecule has 0 aliphatic heterocycles. The van der Waals surface area contributed by atoms with Crippen molar-refractivity contribution in [2.75, 3.05) is 5.43 Å². The van der Waals surface area contributed by atoms with E-state index in [0.29, 0.717) is 5.95 Å². The van der Waals surface area contributed by atoms with Gasteiger partial charge < -0.3 is 0 Å². The van der Waals surface area contributed by atoms with Gasteiger partial charge in [0.05, 0.1) is 10.6 Å². The van der Waals surface area contributed by atoms with Crippen LogP contribution < -0.4 is 11.3 Å². The third kappa shape index (κ3) is 1.98. The number of nitrogen functional groups attached to an aromatic ring is 1. The SMILES string of the molecule is Cc1cc(-c2sccc2C)nc(NN)n1. The molecule has 78 valence electrons. The highest BCUT2D eigenvalue weighted by molar-refractivity contribution is 7.13. The first-order valence-electron chi connectivity index (χ1n) is 4.57. The fourth-order valence-electron chi connectivity index (χ4n) is 1.38. The number of anilines is 1. The molecule has 0 aliphatic rings. The minimum atomic E-state index is 0.456. The van der Waals surface area contributed by atoms with Crippen molar-refractivity contribution in [1.29, 1.82) is 0 Å². The van der Waals surface area contributed by atoms with E-state index >= 15 is 0 Å². The predicted molar refractivity (Wildman–Crippen MR) is 62.6 cm³/mol. The summed E-state index contributed by atoms with van der Waals surface area (Å²) in [7, 11) is 0. The van der Waals surface area contributed by atoms with Crippen LogP contribution in [0.5, 0.6) is 0 Å². The van der Waals surface area contributed by atoms with Crippen molar-refractivity contribution in [3.05, 3.63) is 28.8 Å². The summed E-state index contributed by atoms with van der Waals surface area (Å²) in [6, 6.07) is 4.03. The quantitative estimate of drug-likeness (QED) is 0.601. The van der Waals surface area contributed by atoms with Gasteiger partial charge in [-0.15, -0.1) is 11.3 Å². The van der Waals surface area contributed by atoms with Crippen LogP contribution in [-0.2, 0) is 0 Å². The van der Waals surface area contributed by atoms with E-state index in [1.807, 2.05) is 13.0 Å². The van der Waals surface area contributed by atoms with Crippen LogP contribution in [0.4, 0.5) is 5.95 Å². The Morgan fingerprint density at radius 1 is 1.33 bits per heavy atom. The molecule has 0 aromatic carbocycles. The summed E-state index contributed by atoms with van der Waals surface area (Å²) >= 11 is 1.67. The van der Waals surface area contributed by atoms with Crippen LogP contribution in [0.1, 0.15) is 11.3 Å². The van der Waals surface area contributed by atoms with E-state index in [4.69, 9.17) is 5.84 Å². The summed E-state index contributed by atoms with van der Waals surface area (Å²) in [5.74, 6) is 5.76. The molecule has 3 N–H and O–H groups in total. The van der Waals surface area contributed by atoms with Crippen molar-refractivity contribution in [2.24, 2.45) is 5.84 Å². The fraction of sp³-hybridized carbons (Fsp3) is 0.200. The highest BCUT2D eigenvalue weighted by Gasteiger charge is 2.07. The van der Waals surface area contributed by atoms with E-state index in [-0.39, 0.29) is 0 Å². The molecule has 0 amide bonds. The molecule has 0 atom stereocenters. The number of nitrogens with one attached hydrogen (secondary N) is 1. The molecule has 5 heteroatoms. The van der Waals surface area contributed by atoms with Gasteiger partial charge in [-0.1, -0.05) is 0 Å². The molecule has 2 rings (SSSR count). The van der Waals surface area contributed by atoms with Gasteiger partial charge in [-0.2, -0.15) is 0 Å². The summed E-state index contributed by atoms with van der Waals surface area (Å²) in [6.45, 7) is 3.99. The Balaban J connectivity index is 2.53. The fourth-order valence-corrected chi connectivity index (χ4v) is 2.27. The van der Waals surface area contributed by atoms with Crippen molar-refractivity contribution in [3.8, 4) is 10.6 Å². The molecular weight excluding hydrogens is 208 g/mol. The van der Waals surface area contributed by atoms with E-state index in [0.717, 1.165) is 16.3 Å². The van der Waals surface area contributed by atoms with Crippen LogP contribution in [-0.4, -0.2) is 9.97 Å². The number of nitrogens with zero attached hydrogens (tertiary/aromatic N) is 2. The maximum absolute atomic E-state index is 5.31. The highest BCUT2D eigenvalue weighted by atomic mass is 32.1. The van der Waals surface area contributed by atoms with Crippen molar-refractivity contribution >= 4 is 17.3 Å². The largest absolute Gasteiger partial charge is 0.292 e. The van der Waals surface area contributed by atoms with Crippen LogP contribution in [0.2, 0.25) is 0 Å². The molecule has 0 radical (unpaired) electrons. The molecule has 0 aliphatic carbocycles. The molecule has 15 heavy (non-hydrogen) atoms. The van der Waals surface area contributed by atoms with Gasteiger partial charge >= 0.3 is 0 Å². The number of hydrazine groups is 1. The van der Waals surface area contributed by atoms with E-state index in [9.17, 15) is 0 Å². The minimum absolute atomic E-state index is 0.456. The molecule has 0 saturated carbocycles. The average Bonchev–Trinajstić information content (AvgIpc) is 2.63. The molecule has 0 fully saturated rings. The van der Waals surface area contributed by atoms with Gasteiger partial charge in [0.2, 0.25) is 5.95 Å². The normalized spacial score (nSPS) is 10.3. The van der Waals surface area contributed by atoms with E-state index in [2.05, 4.69) is 33.8 Å². The Kier molecular flexibility index (Phi) is 2.66. The number of hydrogen-bond donors (Lipinski definition) is 2. The lowest BCUT2D eigenvalue weighted by Gasteiger charge is -2.04. The predicted octanol–water partition coefficient (Wildman–Crippen LogP) is 2.11. The number of nitrogens with two attached hydrogens (primary N) is 1. The summed E-state index contributed by atoms with van der Waals surface area (Å²) in [6.07, 6.45) is 0. The lowest BCUT2D eigenvalue weighted by Crippen LogP contribution is -2.11. The molecule has 2 aromatic heterocycles. The smallest absolute Gasteiger partial charge is 0.237 e. The van der Waals surface area contributed by atoms with Crippen LogP contribution in [0.25, 0.3) is 10.6 Å². The van der Waals surface area contributed by atoms with Gasteiger partial charge in [0.15, 0.2) is 0 Å². The summed E-state index contributed by atoms with van der Waals surface area (Å²) < 4.78 is 0. The highest BCUT2D eigenvalue weighted by Crippen LogP contribution is 2.28. The second-order valence-electron chi connectivity index (χ2n) is 3.30. The monoisotopic (exact) mass is 220 g/mol. The lowest BCUT2D eigenvalue weighted by molar-refractivity contribution is 1.08. The molecule has 0 bridgehead atoms. The van der Waals surface area contributed by atoms with Crippen molar-refractivity contribution in [1.82, 2.24) is 9.97 Å². The van der Waals surface area contributed by atoms with Crippen molar-refractivity contribution in [3.63, 3.8) is 0 Å².